The van der Waals surface area contributed by atoms with E-state index in [2.05, 4.69) is 11.6 Å². The highest BCUT2D eigenvalue weighted by atomic mass is 16.3. The van der Waals surface area contributed by atoms with Gasteiger partial charge in [0, 0.05) is 0 Å². The Bertz CT molecular complexity index is 190. The quantitative estimate of drug-likeness (QED) is 0.547. The molecule has 0 aliphatic heterocycles. The third-order valence-corrected chi connectivity index (χ3v) is 0.968. The number of hydrogen-bond donors (Lipinski definition) is 0. The van der Waals surface area contributed by atoms with E-state index in [1.807, 2.05) is 6.92 Å². The van der Waals surface area contributed by atoms with Crippen LogP contribution in [-0.2, 0) is 0 Å². The number of nitrogens with zero attached hydrogens (tertiary/aromatic N) is 1. The van der Waals surface area contributed by atoms with E-state index in [4.69, 9.17) is 4.42 Å². The number of rotatable bonds is 1. The smallest absolute Gasteiger partial charge is 0.181 e. The van der Waals surface area contributed by atoms with Crippen LogP contribution in [0.25, 0.3) is 6.08 Å². The van der Waals surface area contributed by atoms with Crippen molar-refractivity contribution in [2.24, 2.45) is 0 Å². The van der Waals surface area contributed by atoms with Gasteiger partial charge in [-0.05, 0) is 13.0 Å². The summed E-state index contributed by atoms with van der Waals surface area (Å²) in [4.78, 5) is 3.85. The summed E-state index contributed by atoms with van der Waals surface area (Å²) in [5.41, 5.74) is 0.889. The summed E-state index contributed by atoms with van der Waals surface area (Å²) in [7, 11) is 0. The zero-order chi connectivity index (χ0) is 5.98. The molecule has 0 aromatic carbocycles. The first-order chi connectivity index (χ1) is 3.84. The minimum Gasteiger partial charge on any atom is -0.444 e. The average Bonchev–Trinajstić information content (AvgIpc) is 2.14. The van der Waals surface area contributed by atoms with Crippen molar-refractivity contribution in [1.29, 1.82) is 0 Å². The Morgan fingerprint density at radius 1 is 1.88 bits per heavy atom. The van der Waals surface area contributed by atoms with Crippen molar-refractivity contribution in [3.05, 3.63) is 24.4 Å². The van der Waals surface area contributed by atoms with Crippen LogP contribution in [-0.4, -0.2) is 4.98 Å². The Balaban J connectivity index is 3.09. The summed E-state index contributed by atoms with van der Waals surface area (Å²) in [5, 5.41) is 0. The summed E-state index contributed by atoms with van der Waals surface area (Å²) in [6.45, 7) is 5.41. The largest absolute Gasteiger partial charge is 0.444 e. The molecule has 0 aliphatic carbocycles. The summed E-state index contributed by atoms with van der Waals surface area (Å²) < 4.78 is 4.88. The molecule has 1 aromatic heterocycles. The van der Waals surface area contributed by atoms with Crippen LogP contribution in [0.15, 0.2) is 17.4 Å². The lowest BCUT2D eigenvalue weighted by molar-refractivity contribution is 0.547. The van der Waals surface area contributed by atoms with Gasteiger partial charge in [0.1, 0.15) is 5.76 Å². The second kappa shape index (κ2) is 1.82. The second-order valence-electron chi connectivity index (χ2n) is 1.51. The molecule has 0 saturated carbocycles. The molecule has 42 valence electrons. The van der Waals surface area contributed by atoms with Crippen molar-refractivity contribution >= 4 is 6.08 Å². The molecule has 2 heteroatoms. The zero-order valence-corrected chi connectivity index (χ0v) is 4.72. The lowest BCUT2D eigenvalue weighted by atomic mass is 10.4. The highest BCUT2D eigenvalue weighted by Gasteiger charge is 1.93. The van der Waals surface area contributed by atoms with Crippen LogP contribution in [0.1, 0.15) is 11.5 Å². The van der Waals surface area contributed by atoms with Gasteiger partial charge in [-0.2, -0.15) is 0 Å². The number of hydrogen-bond acceptors (Lipinski definition) is 2. The van der Waals surface area contributed by atoms with Gasteiger partial charge in [-0.1, -0.05) is 6.58 Å². The number of aryl methyl sites for hydroxylation is 1. The highest BCUT2D eigenvalue weighted by molar-refractivity contribution is 5.41. The van der Waals surface area contributed by atoms with Gasteiger partial charge in [0.05, 0.1) is 5.69 Å². The maximum Gasteiger partial charge on any atom is 0.181 e. The lowest BCUT2D eigenvalue weighted by Gasteiger charge is -1.79. The van der Waals surface area contributed by atoms with E-state index in [0.29, 0.717) is 0 Å². The van der Waals surface area contributed by atoms with E-state index >= 15 is 0 Å². The fourth-order valence-electron chi connectivity index (χ4n) is 0.507. The third-order valence-electron chi connectivity index (χ3n) is 0.968. The van der Waals surface area contributed by atoms with Crippen LogP contribution in [0.3, 0.4) is 0 Å². The summed E-state index contributed by atoms with van der Waals surface area (Å²) in [5.74, 6) is 0.755. The first-order valence-electron chi connectivity index (χ1n) is 2.37. The summed E-state index contributed by atoms with van der Waals surface area (Å²) in [6.07, 6.45) is 3.05. The molecule has 0 aliphatic rings. The standard InChI is InChI=1S/C6H7NO/c1-3-6-5(2)7-4-8-6/h3-4H,1H2,2H3. The molecule has 0 unspecified atom stereocenters. The minimum absolute atomic E-state index is 0.755. The van der Waals surface area contributed by atoms with Gasteiger partial charge in [0.2, 0.25) is 0 Å². The molecule has 1 aromatic rings. The first-order valence-corrected chi connectivity index (χ1v) is 2.37. The predicted molar refractivity (Wildman–Crippen MR) is 31.3 cm³/mol. The molecule has 0 spiro atoms. The van der Waals surface area contributed by atoms with Crippen LogP contribution in [0.5, 0.6) is 0 Å². The zero-order valence-electron chi connectivity index (χ0n) is 4.72. The van der Waals surface area contributed by atoms with Crippen molar-refractivity contribution in [2.75, 3.05) is 0 Å². The Hall–Kier alpha value is -1.05. The Labute approximate surface area is 47.9 Å². The van der Waals surface area contributed by atoms with Crippen LogP contribution in [0.4, 0.5) is 0 Å². The highest BCUT2D eigenvalue weighted by Crippen LogP contribution is 2.04. The first kappa shape index (κ1) is 5.09. The summed E-state index contributed by atoms with van der Waals surface area (Å²) in [6, 6.07) is 0. The number of aromatic nitrogens is 1. The van der Waals surface area contributed by atoms with Gasteiger partial charge >= 0.3 is 0 Å². The monoisotopic (exact) mass is 109 g/mol. The maximum atomic E-state index is 4.88. The number of oxazole rings is 1. The summed E-state index contributed by atoms with van der Waals surface area (Å²) >= 11 is 0. The molecule has 0 radical (unpaired) electrons. The molecule has 0 saturated heterocycles. The van der Waals surface area contributed by atoms with E-state index in [1.54, 1.807) is 6.08 Å². The Morgan fingerprint density at radius 2 is 2.62 bits per heavy atom. The molecule has 0 atom stereocenters. The van der Waals surface area contributed by atoms with Gasteiger partial charge in [0.15, 0.2) is 6.39 Å². The van der Waals surface area contributed by atoms with Gasteiger partial charge in [-0.15, -0.1) is 0 Å². The molecule has 1 rings (SSSR count). The molecular formula is C6H7NO. The van der Waals surface area contributed by atoms with Crippen LogP contribution in [0.2, 0.25) is 0 Å². The maximum absolute atomic E-state index is 4.88. The van der Waals surface area contributed by atoms with Crippen LogP contribution in [0, 0.1) is 6.92 Å². The second-order valence-corrected chi connectivity index (χ2v) is 1.51. The molecular weight excluding hydrogens is 102 g/mol. The molecule has 0 fully saturated rings. The molecule has 2 nitrogen and oxygen atoms in total. The van der Waals surface area contributed by atoms with Gasteiger partial charge in [-0.3, -0.25) is 0 Å². The molecule has 8 heavy (non-hydrogen) atoms. The van der Waals surface area contributed by atoms with Gasteiger partial charge < -0.3 is 4.42 Å². The van der Waals surface area contributed by atoms with Crippen molar-refractivity contribution in [1.82, 2.24) is 4.98 Å². The fourth-order valence-corrected chi connectivity index (χ4v) is 0.507. The molecule has 1 heterocycles. The normalized spacial score (nSPS) is 9.12. The topological polar surface area (TPSA) is 26.0 Å². The van der Waals surface area contributed by atoms with E-state index in [1.165, 1.54) is 6.39 Å². The van der Waals surface area contributed by atoms with E-state index in [9.17, 15) is 0 Å². The van der Waals surface area contributed by atoms with Crippen LogP contribution >= 0.6 is 0 Å². The lowest BCUT2D eigenvalue weighted by Crippen LogP contribution is -1.69. The van der Waals surface area contributed by atoms with Crippen molar-refractivity contribution < 1.29 is 4.42 Å². The average molecular weight is 109 g/mol. The molecule has 0 bridgehead atoms. The Morgan fingerprint density at radius 3 is 2.88 bits per heavy atom. The predicted octanol–water partition coefficient (Wildman–Crippen LogP) is 1.63. The van der Waals surface area contributed by atoms with Crippen LogP contribution < -0.4 is 0 Å². The van der Waals surface area contributed by atoms with E-state index in [0.717, 1.165) is 11.5 Å². The molecule has 0 amide bonds. The minimum atomic E-state index is 0.755. The van der Waals surface area contributed by atoms with Gasteiger partial charge in [0.25, 0.3) is 0 Å². The van der Waals surface area contributed by atoms with Crippen molar-refractivity contribution in [3.8, 4) is 0 Å². The molecule has 0 N–H and O–H groups in total. The van der Waals surface area contributed by atoms with E-state index < -0.39 is 0 Å². The van der Waals surface area contributed by atoms with E-state index in [-0.39, 0.29) is 0 Å². The van der Waals surface area contributed by atoms with Gasteiger partial charge in [-0.25, -0.2) is 4.98 Å². The SMILES string of the molecule is C=Cc1ocnc1C. The van der Waals surface area contributed by atoms with Crippen molar-refractivity contribution in [2.45, 2.75) is 6.92 Å². The fraction of sp³-hybridized carbons (Fsp3) is 0.167. The van der Waals surface area contributed by atoms with Crippen molar-refractivity contribution in [3.63, 3.8) is 0 Å². The third kappa shape index (κ3) is 0.644. The Kier molecular flexibility index (Phi) is 1.16.